The summed E-state index contributed by atoms with van der Waals surface area (Å²) in [7, 11) is 0. The number of pyridine rings is 1. The largest absolute Gasteiger partial charge is 0.326 e. The van der Waals surface area contributed by atoms with Gasteiger partial charge in [0.1, 0.15) is 5.56 Å². The van der Waals surface area contributed by atoms with Crippen molar-refractivity contribution in [3.63, 3.8) is 0 Å². The summed E-state index contributed by atoms with van der Waals surface area (Å²) in [6.07, 6.45) is 1.72. The zero-order chi connectivity index (χ0) is 21.6. The molecule has 4 aromatic rings. The van der Waals surface area contributed by atoms with Crippen molar-refractivity contribution in [2.24, 2.45) is 5.73 Å². The van der Waals surface area contributed by atoms with Gasteiger partial charge in [0, 0.05) is 18.4 Å². The molecule has 1 amide bonds. The molecule has 0 unspecified atom stereocenters. The van der Waals surface area contributed by atoms with Gasteiger partial charge in [-0.15, -0.1) is 0 Å². The lowest BCUT2D eigenvalue weighted by molar-refractivity contribution is 0.102. The Bertz CT molecular complexity index is 1190. The Hall–Kier alpha value is -3.96. The van der Waals surface area contributed by atoms with E-state index in [-0.39, 0.29) is 17.2 Å². The maximum absolute atomic E-state index is 13.4. The third kappa shape index (κ3) is 4.47. The first kappa shape index (κ1) is 20.3. The van der Waals surface area contributed by atoms with Crippen LogP contribution < -0.4 is 16.6 Å². The minimum Gasteiger partial charge on any atom is -0.326 e. The SMILES string of the molecule is NCc1cccc(NC(=O)c2cccn(C(c3ccccc3)c3ccccc3)c2=O)c1. The average molecular weight is 409 g/mol. The van der Waals surface area contributed by atoms with E-state index < -0.39 is 5.91 Å². The van der Waals surface area contributed by atoms with E-state index in [1.54, 1.807) is 35.0 Å². The van der Waals surface area contributed by atoms with Crippen molar-refractivity contribution in [1.82, 2.24) is 4.57 Å². The molecule has 0 aliphatic rings. The van der Waals surface area contributed by atoms with Crippen LogP contribution in [0.5, 0.6) is 0 Å². The zero-order valence-electron chi connectivity index (χ0n) is 16.9. The van der Waals surface area contributed by atoms with Crippen LogP contribution in [0.25, 0.3) is 0 Å². The second kappa shape index (κ2) is 9.24. The van der Waals surface area contributed by atoms with Gasteiger partial charge >= 0.3 is 0 Å². The molecule has 5 heteroatoms. The van der Waals surface area contributed by atoms with Crippen LogP contribution in [-0.2, 0) is 6.54 Å². The molecule has 0 radical (unpaired) electrons. The number of nitrogens with zero attached hydrogens (tertiary/aromatic N) is 1. The number of anilines is 1. The number of carbonyl (C=O) groups excluding carboxylic acids is 1. The first-order valence-electron chi connectivity index (χ1n) is 10.1. The van der Waals surface area contributed by atoms with Crippen molar-refractivity contribution < 1.29 is 4.79 Å². The van der Waals surface area contributed by atoms with Gasteiger partial charge in [-0.2, -0.15) is 0 Å². The molecule has 0 atom stereocenters. The van der Waals surface area contributed by atoms with Crippen LogP contribution in [0.1, 0.15) is 33.1 Å². The molecule has 0 saturated carbocycles. The number of rotatable bonds is 6. The maximum atomic E-state index is 13.4. The Morgan fingerprint density at radius 1 is 0.839 bits per heavy atom. The highest BCUT2D eigenvalue weighted by Crippen LogP contribution is 2.25. The molecule has 4 rings (SSSR count). The van der Waals surface area contributed by atoms with E-state index >= 15 is 0 Å². The molecule has 0 saturated heterocycles. The molecule has 0 fully saturated rings. The number of aromatic nitrogens is 1. The summed E-state index contributed by atoms with van der Waals surface area (Å²) < 4.78 is 1.61. The fraction of sp³-hybridized carbons (Fsp3) is 0.0769. The number of hydrogen-bond acceptors (Lipinski definition) is 3. The molecule has 5 nitrogen and oxygen atoms in total. The van der Waals surface area contributed by atoms with Crippen LogP contribution in [0.15, 0.2) is 108 Å². The van der Waals surface area contributed by atoms with Crippen LogP contribution in [0.2, 0.25) is 0 Å². The van der Waals surface area contributed by atoms with E-state index in [0.717, 1.165) is 16.7 Å². The van der Waals surface area contributed by atoms with Crippen LogP contribution in [0, 0.1) is 0 Å². The Morgan fingerprint density at radius 2 is 1.48 bits per heavy atom. The van der Waals surface area contributed by atoms with Gasteiger partial charge in [0.05, 0.1) is 6.04 Å². The topological polar surface area (TPSA) is 77.1 Å². The highest BCUT2D eigenvalue weighted by molar-refractivity contribution is 6.04. The van der Waals surface area contributed by atoms with Crippen LogP contribution in [-0.4, -0.2) is 10.5 Å². The Labute approximate surface area is 180 Å². The molecular weight excluding hydrogens is 386 g/mol. The number of nitrogens with two attached hydrogens (primary N) is 1. The summed E-state index contributed by atoms with van der Waals surface area (Å²) in [5.41, 5.74) is 8.84. The normalized spacial score (nSPS) is 10.8. The quantitative estimate of drug-likeness (QED) is 0.501. The van der Waals surface area contributed by atoms with E-state index in [2.05, 4.69) is 5.32 Å². The number of hydrogen-bond donors (Lipinski definition) is 2. The van der Waals surface area contributed by atoms with Crippen molar-refractivity contribution >= 4 is 11.6 Å². The van der Waals surface area contributed by atoms with Gasteiger partial charge in [0.25, 0.3) is 11.5 Å². The van der Waals surface area contributed by atoms with Crippen molar-refractivity contribution in [2.75, 3.05) is 5.32 Å². The smallest absolute Gasteiger partial charge is 0.264 e. The first-order valence-corrected chi connectivity index (χ1v) is 10.1. The van der Waals surface area contributed by atoms with Crippen molar-refractivity contribution in [2.45, 2.75) is 12.6 Å². The third-order valence-electron chi connectivity index (χ3n) is 5.15. The van der Waals surface area contributed by atoms with E-state index in [1.807, 2.05) is 72.8 Å². The molecular formula is C26H23N3O2. The lowest BCUT2D eigenvalue weighted by Crippen LogP contribution is -2.32. The summed E-state index contributed by atoms with van der Waals surface area (Å²) in [6.45, 7) is 0.373. The monoisotopic (exact) mass is 409 g/mol. The number of carbonyl (C=O) groups is 1. The molecule has 1 heterocycles. The van der Waals surface area contributed by atoms with E-state index in [4.69, 9.17) is 5.73 Å². The summed E-state index contributed by atoms with van der Waals surface area (Å²) in [6, 6.07) is 29.8. The second-order valence-electron chi connectivity index (χ2n) is 7.22. The summed E-state index contributed by atoms with van der Waals surface area (Å²) in [5.74, 6) is -0.451. The fourth-order valence-corrected chi connectivity index (χ4v) is 3.64. The van der Waals surface area contributed by atoms with Gasteiger partial charge in [-0.25, -0.2) is 0 Å². The van der Waals surface area contributed by atoms with Crippen molar-refractivity contribution in [3.8, 4) is 0 Å². The lowest BCUT2D eigenvalue weighted by atomic mass is 9.98. The summed E-state index contributed by atoms with van der Waals surface area (Å²) >= 11 is 0. The minimum atomic E-state index is -0.451. The number of benzene rings is 3. The molecule has 0 spiro atoms. The maximum Gasteiger partial charge on any atom is 0.264 e. The Kier molecular flexibility index (Phi) is 6.05. The molecule has 1 aromatic heterocycles. The Balaban J connectivity index is 1.74. The zero-order valence-corrected chi connectivity index (χ0v) is 16.9. The highest BCUT2D eigenvalue weighted by Gasteiger charge is 2.20. The van der Waals surface area contributed by atoms with Gasteiger partial charge in [-0.3, -0.25) is 9.59 Å². The van der Waals surface area contributed by atoms with Gasteiger partial charge in [-0.05, 0) is 41.0 Å². The second-order valence-corrected chi connectivity index (χ2v) is 7.22. The van der Waals surface area contributed by atoms with Crippen LogP contribution in [0.4, 0.5) is 5.69 Å². The van der Waals surface area contributed by atoms with Gasteiger partial charge < -0.3 is 15.6 Å². The van der Waals surface area contributed by atoms with Crippen LogP contribution in [0.3, 0.4) is 0 Å². The predicted molar refractivity (Wildman–Crippen MR) is 123 cm³/mol. The molecule has 0 aliphatic heterocycles. The minimum absolute atomic E-state index is 0.0810. The van der Waals surface area contributed by atoms with E-state index in [1.165, 1.54) is 0 Å². The molecule has 0 bridgehead atoms. The van der Waals surface area contributed by atoms with Crippen molar-refractivity contribution in [1.29, 1.82) is 0 Å². The van der Waals surface area contributed by atoms with Gasteiger partial charge in [0.15, 0.2) is 0 Å². The van der Waals surface area contributed by atoms with Gasteiger partial charge in [0.2, 0.25) is 0 Å². The average Bonchev–Trinajstić information content (AvgIpc) is 2.82. The molecule has 3 aromatic carbocycles. The summed E-state index contributed by atoms with van der Waals surface area (Å²) in [4.78, 5) is 26.3. The highest BCUT2D eigenvalue weighted by atomic mass is 16.2. The molecule has 154 valence electrons. The van der Waals surface area contributed by atoms with Crippen molar-refractivity contribution in [3.05, 3.63) is 136 Å². The lowest BCUT2D eigenvalue weighted by Gasteiger charge is -2.21. The number of nitrogens with one attached hydrogen (secondary N) is 1. The van der Waals surface area contributed by atoms with Crippen LogP contribution >= 0.6 is 0 Å². The fourth-order valence-electron chi connectivity index (χ4n) is 3.64. The summed E-state index contributed by atoms with van der Waals surface area (Å²) in [5, 5.41) is 2.81. The third-order valence-corrected chi connectivity index (χ3v) is 5.15. The number of amides is 1. The molecule has 31 heavy (non-hydrogen) atoms. The standard InChI is InChI=1S/C26H23N3O2/c27-18-19-9-7-14-22(17-19)28-25(30)23-15-8-16-29(26(23)31)24(20-10-3-1-4-11-20)21-12-5-2-6-13-21/h1-17,24H,18,27H2,(H,28,30). The molecule has 3 N–H and O–H groups in total. The predicted octanol–water partition coefficient (Wildman–Crippen LogP) is 4.20. The van der Waals surface area contributed by atoms with E-state index in [9.17, 15) is 9.59 Å². The van der Waals surface area contributed by atoms with E-state index in [0.29, 0.717) is 12.2 Å². The molecule has 0 aliphatic carbocycles. The first-order chi connectivity index (χ1) is 15.2. The Morgan fingerprint density at radius 3 is 2.10 bits per heavy atom. The van der Waals surface area contributed by atoms with Gasteiger partial charge in [-0.1, -0.05) is 72.8 Å².